The summed E-state index contributed by atoms with van der Waals surface area (Å²) >= 11 is 0. The zero-order valence-corrected chi connectivity index (χ0v) is 13.9. The van der Waals surface area contributed by atoms with Crippen LogP contribution in [0.4, 0.5) is 23.0 Å². The molecule has 0 saturated carbocycles. The van der Waals surface area contributed by atoms with Gasteiger partial charge in [-0.3, -0.25) is 0 Å². The normalized spacial score (nSPS) is 10.3. The minimum absolute atomic E-state index is 0.216. The van der Waals surface area contributed by atoms with Crippen LogP contribution in [0.5, 0.6) is 0 Å². The van der Waals surface area contributed by atoms with E-state index in [-0.39, 0.29) is 5.56 Å². The Kier molecular flexibility index (Phi) is 4.61. The molecule has 0 aliphatic rings. The highest BCUT2D eigenvalue weighted by Gasteiger charge is 2.06. The predicted molar refractivity (Wildman–Crippen MR) is 97.9 cm³/mol. The highest BCUT2D eigenvalue weighted by atomic mass is 16.4. The molecule has 0 aliphatic carbocycles. The third-order valence-corrected chi connectivity index (χ3v) is 3.70. The van der Waals surface area contributed by atoms with Gasteiger partial charge in [0.15, 0.2) is 0 Å². The van der Waals surface area contributed by atoms with E-state index in [1.165, 1.54) is 6.33 Å². The number of carbonyl (C=O) groups is 1. The van der Waals surface area contributed by atoms with Crippen LogP contribution in [0.15, 0.2) is 54.9 Å². The van der Waals surface area contributed by atoms with Crippen LogP contribution in [0.25, 0.3) is 0 Å². The van der Waals surface area contributed by atoms with Gasteiger partial charge in [0.2, 0.25) is 0 Å². The molecule has 0 saturated heterocycles. The van der Waals surface area contributed by atoms with Crippen LogP contribution >= 0.6 is 0 Å². The fraction of sp³-hybridized carbons (Fsp3) is 0.105. The minimum atomic E-state index is -0.969. The first-order valence-corrected chi connectivity index (χ1v) is 7.78. The Morgan fingerprint density at radius 1 is 0.960 bits per heavy atom. The SMILES string of the molecule is Cc1ccc(C)c(Nc2cc(Nc3cccc(C(=O)O)c3)ncn2)c1. The number of anilines is 4. The molecule has 3 rings (SSSR count). The summed E-state index contributed by atoms with van der Waals surface area (Å²) in [7, 11) is 0. The lowest BCUT2D eigenvalue weighted by Crippen LogP contribution is -2.01. The van der Waals surface area contributed by atoms with Crippen molar-refractivity contribution in [3.63, 3.8) is 0 Å². The molecular formula is C19H18N4O2. The van der Waals surface area contributed by atoms with Crippen molar-refractivity contribution in [3.8, 4) is 0 Å². The fourth-order valence-corrected chi connectivity index (χ4v) is 2.38. The van der Waals surface area contributed by atoms with Gasteiger partial charge in [-0.05, 0) is 49.2 Å². The first kappa shape index (κ1) is 16.4. The van der Waals surface area contributed by atoms with Gasteiger partial charge in [-0.1, -0.05) is 18.2 Å². The predicted octanol–water partition coefficient (Wildman–Crippen LogP) is 4.28. The number of nitrogens with one attached hydrogen (secondary N) is 2. The second-order valence-corrected chi connectivity index (χ2v) is 5.74. The summed E-state index contributed by atoms with van der Waals surface area (Å²) in [5.74, 6) is 0.259. The molecule has 0 aliphatic heterocycles. The maximum Gasteiger partial charge on any atom is 0.335 e. The van der Waals surface area contributed by atoms with Crippen molar-refractivity contribution in [1.82, 2.24) is 9.97 Å². The Labute approximate surface area is 145 Å². The maximum atomic E-state index is 11.1. The molecule has 0 amide bonds. The third kappa shape index (κ3) is 4.11. The van der Waals surface area contributed by atoms with E-state index >= 15 is 0 Å². The monoisotopic (exact) mass is 334 g/mol. The molecule has 6 heteroatoms. The standard InChI is InChI=1S/C19H18N4O2/c1-12-6-7-13(2)16(8-12)23-18-10-17(20-11-21-18)22-15-5-3-4-14(9-15)19(24)25/h3-11H,1-2H3,(H,24,25)(H2,20,21,22,23). The number of aryl methyl sites for hydroxylation is 2. The lowest BCUT2D eigenvalue weighted by atomic mass is 10.1. The first-order valence-electron chi connectivity index (χ1n) is 7.78. The molecule has 1 aromatic heterocycles. The Morgan fingerprint density at radius 2 is 1.72 bits per heavy atom. The van der Waals surface area contributed by atoms with Crippen molar-refractivity contribution in [1.29, 1.82) is 0 Å². The summed E-state index contributed by atoms with van der Waals surface area (Å²) in [4.78, 5) is 19.5. The van der Waals surface area contributed by atoms with Gasteiger partial charge >= 0.3 is 5.97 Å². The zero-order valence-electron chi connectivity index (χ0n) is 13.9. The lowest BCUT2D eigenvalue weighted by molar-refractivity contribution is 0.0697. The Bertz CT molecular complexity index is 925. The van der Waals surface area contributed by atoms with E-state index in [0.717, 1.165) is 16.8 Å². The number of aromatic nitrogens is 2. The van der Waals surface area contributed by atoms with Crippen LogP contribution in [-0.2, 0) is 0 Å². The number of aromatic carboxylic acids is 1. The summed E-state index contributed by atoms with van der Waals surface area (Å²) in [5, 5.41) is 15.4. The molecule has 0 bridgehead atoms. The van der Waals surface area contributed by atoms with Gasteiger partial charge in [0.1, 0.15) is 18.0 Å². The summed E-state index contributed by atoms with van der Waals surface area (Å²) in [6.45, 7) is 4.06. The molecule has 25 heavy (non-hydrogen) atoms. The Balaban J connectivity index is 1.81. The van der Waals surface area contributed by atoms with E-state index < -0.39 is 5.97 Å². The summed E-state index contributed by atoms with van der Waals surface area (Å²) in [6.07, 6.45) is 1.46. The lowest BCUT2D eigenvalue weighted by Gasteiger charge is -2.11. The van der Waals surface area contributed by atoms with E-state index in [1.807, 2.05) is 13.8 Å². The molecule has 0 unspecified atom stereocenters. The highest BCUT2D eigenvalue weighted by molar-refractivity contribution is 5.89. The van der Waals surface area contributed by atoms with E-state index in [2.05, 4.69) is 38.8 Å². The molecule has 3 aromatic rings. The largest absolute Gasteiger partial charge is 0.478 e. The van der Waals surface area contributed by atoms with Crippen molar-refractivity contribution in [2.75, 3.05) is 10.6 Å². The van der Waals surface area contributed by atoms with Crippen molar-refractivity contribution in [3.05, 3.63) is 71.5 Å². The second kappa shape index (κ2) is 7.00. The number of hydrogen-bond acceptors (Lipinski definition) is 5. The topological polar surface area (TPSA) is 87.1 Å². The molecule has 0 fully saturated rings. The van der Waals surface area contributed by atoms with Gasteiger partial charge in [-0.25, -0.2) is 14.8 Å². The Hall–Kier alpha value is -3.41. The maximum absolute atomic E-state index is 11.1. The van der Waals surface area contributed by atoms with Gasteiger partial charge in [-0.2, -0.15) is 0 Å². The summed E-state index contributed by atoms with van der Waals surface area (Å²) in [5.41, 5.74) is 4.13. The van der Waals surface area contributed by atoms with Crippen molar-refractivity contribution < 1.29 is 9.90 Å². The number of benzene rings is 2. The van der Waals surface area contributed by atoms with Crippen LogP contribution in [0, 0.1) is 13.8 Å². The molecule has 6 nitrogen and oxygen atoms in total. The quantitative estimate of drug-likeness (QED) is 0.645. The fourth-order valence-electron chi connectivity index (χ4n) is 2.38. The first-order chi connectivity index (χ1) is 12.0. The number of nitrogens with zero attached hydrogens (tertiary/aromatic N) is 2. The van der Waals surface area contributed by atoms with Crippen LogP contribution in [0.2, 0.25) is 0 Å². The molecule has 1 heterocycles. The van der Waals surface area contributed by atoms with Gasteiger partial charge in [-0.15, -0.1) is 0 Å². The van der Waals surface area contributed by atoms with E-state index in [9.17, 15) is 4.79 Å². The van der Waals surface area contributed by atoms with E-state index in [0.29, 0.717) is 17.3 Å². The molecule has 3 N–H and O–H groups in total. The zero-order chi connectivity index (χ0) is 17.8. The average Bonchev–Trinajstić information content (AvgIpc) is 2.59. The second-order valence-electron chi connectivity index (χ2n) is 5.74. The summed E-state index contributed by atoms with van der Waals surface area (Å²) < 4.78 is 0. The Morgan fingerprint density at radius 3 is 2.48 bits per heavy atom. The highest BCUT2D eigenvalue weighted by Crippen LogP contribution is 2.23. The number of carboxylic acids is 1. The van der Waals surface area contributed by atoms with Crippen LogP contribution in [0.1, 0.15) is 21.5 Å². The molecular weight excluding hydrogens is 316 g/mol. The van der Waals surface area contributed by atoms with Gasteiger partial charge in [0.05, 0.1) is 5.56 Å². The molecule has 2 aromatic carbocycles. The molecule has 126 valence electrons. The van der Waals surface area contributed by atoms with E-state index in [1.54, 1.807) is 30.3 Å². The van der Waals surface area contributed by atoms with Crippen LogP contribution in [-0.4, -0.2) is 21.0 Å². The van der Waals surface area contributed by atoms with Gasteiger partial charge in [0, 0.05) is 17.4 Å². The van der Waals surface area contributed by atoms with Crippen LogP contribution in [0.3, 0.4) is 0 Å². The van der Waals surface area contributed by atoms with Crippen molar-refractivity contribution in [2.45, 2.75) is 13.8 Å². The smallest absolute Gasteiger partial charge is 0.335 e. The van der Waals surface area contributed by atoms with Gasteiger partial charge < -0.3 is 15.7 Å². The number of carboxylic acid groups (broad SMARTS) is 1. The van der Waals surface area contributed by atoms with Crippen molar-refractivity contribution in [2.24, 2.45) is 0 Å². The van der Waals surface area contributed by atoms with Crippen LogP contribution < -0.4 is 10.6 Å². The van der Waals surface area contributed by atoms with Crippen molar-refractivity contribution >= 4 is 29.0 Å². The molecule has 0 radical (unpaired) electrons. The van der Waals surface area contributed by atoms with Gasteiger partial charge in [0.25, 0.3) is 0 Å². The summed E-state index contributed by atoms with van der Waals surface area (Å²) in [6, 6.07) is 14.5. The average molecular weight is 334 g/mol. The number of rotatable bonds is 5. The van der Waals surface area contributed by atoms with E-state index in [4.69, 9.17) is 5.11 Å². The molecule has 0 spiro atoms. The number of hydrogen-bond donors (Lipinski definition) is 3. The third-order valence-electron chi connectivity index (χ3n) is 3.70. The molecule has 0 atom stereocenters. The minimum Gasteiger partial charge on any atom is -0.478 e.